The van der Waals surface area contributed by atoms with Gasteiger partial charge in [0.25, 0.3) is 0 Å². The predicted molar refractivity (Wildman–Crippen MR) is 69.7 cm³/mol. The predicted octanol–water partition coefficient (Wildman–Crippen LogP) is 4.02. The lowest BCUT2D eigenvalue weighted by molar-refractivity contribution is 0.210. The SMILES string of the molecule is Fc1ccc(C2CNc3cc(Cl)ccc3O2)cc1. The maximum absolute atomic E-state index is 12.9. The number of fused-ring (bicyclic) bond motifs is 1. The molecule has 0 fully saturated rings. The van der Waals surface area contributed by atoms with Crippen LogP contribution in [-0.4, -0.2) is 6.54 Å². The quantitative estimate of drug-likeness (QED) is 0.839. The summed E-state index contributed by atoms with van der Waals surface area (Å²) in [5.74, 6) is 0.523. The monoisotopic (exact) mass is 263 g/mol. The van der Waals surface area contributed by atoms with Gasteiger partial charge in [0.1, 0.15) is 17.7 Å². The van der Waals surface area contributed by atoms with E-state index in [1.807, 2.05) is 12.1 Å². The van der Waals surface area contributed by atoms with Crippen LogP contribution in [0.1, 0.15) is 11.7 Å². The van der Waals surface area contributed by atoms with Crippen molar-refractivity contribution in [3.63, 3.8) is 0 Å². The number of benzene rings is 2. The van der Waals surface area contributed by atoms with Crippen molar-refractivity contribution in [3.8, 4) is 5.75 Å². The van der Waals surface area contributed by atoms with Crippen LogP contribution in [0.2, 0.25) is 5.02 Å². The van der Waals surface area contributed by atoms with Crippen molar-refractivity contribution >= 4 is 17.3 Å². The maximum Gasteiger partial charge on any atom is 0.143 e. The fraction of sp³-hybridized carbons (Fsp3) is 0.143. The molecule has 2 aromatic carbocycles. The van der Waals surface area contributed by atoms with E-state index in [1.165, 1.54) is 12.1 Å². The van der Waals surface area contributed by atoms with Gasteiger partial charge < -0.3 is 10.1 Å². The molecule has 0 amide bonds. The van der Waals surface area contributed by atoms with E-state index in [0.29, 0.717) is 11.6 Å². The Bertz CT molecular complexity index is 571. The van der Waals surface area contributed by atoms with E-state index in [9.17, 15) is 4.39 Å². The Hall–Kier alpha value is -1.74. The van der Waals surface area contributed by atoms with E-state index in [4.69, 9.17) is 16.3 Å². The Morgan fingerprint density at radius 2 is 1.94 bits per heavy atom. The van der Waals surface area contributed by atoms with Crippen molar-refractivity contribution in [2.45, 2.75) is 6.10 Å². The van der Waals surface area contributed by atoms with Crippen LogP contribution in [-0.2, 0) is 0 Å². The molecule has 1 atom stereocenters. The molecule has 0 saturated carbocycles. The summed E-state index contributed by atoms with van der Waals surface area (Å²) in [5.41, 5.74) is 1.84. The summed E-state index contributed by atoms with van der Waals surface area (Å²) in [6.07, 6.45) is -0.112. The largest absolute Gasteiger partial charge is 0.482 e. The number of nitrogens with one attached hydrogen (secondary N) is 1. The van der Waals surface area contributed by atoms with Crippen molar-refractivity contribution in [3.05, 3.63) is 58.9 Å². The summed E-state index contributed by atoms with van der Waals surface area (Å²) in [4.78, 5) is 0. The van der Waals surface area contributed by atoms with Gasteiger partial charge in [-0.3, -0.25) is 0 Å². The van der Waals surface area contributed by atoms with Crippen LogP contribution in [0.3, 0.4) is 0 Å². The highest BCUT2D eigenvalue weighted by Crippen LogP contribution is 2.35. The van der Waals surface area contributed by atoms with E-state index >= 15 is 0 Å². The normalized spacial score (nSPS) is 17.6. The molecule has 3 rings (SSSR count). The average molecular weight is 264 g/mol. The Morgan fingerprint density at radius 1 is 1.17 bits per heavy atom. The lowest BCUT2D eigenvalue weighted by Crippen LogP contribution is -2.23. The zero-order valence-corrected chi connectivity index (χ0v) is 10.2. The van der Waals surface area contributed by atoms with Crippen LogP contribution >= 0.6 is 11.6 Å². The first-order valence-corrected chi connectivity index (χ1v) is 6.06. The molecular weight excluding hydrogens is 253 g/mol. The van der Waals surface area contributed by atoms with Gasteiger partial charge in [0.05, 0.1) is 12.2 Å². The second-order valence-corrected chi connectivity index (χ2v) is 4.62. The van der Waals surface area contributed by atoms with E-state index in [-0.39, 0.29) is 11.9 Å². The molecule has 0 spiro atoms. The zero-order valence-electron chi connectivity index (χ0n) is 9.49. The van der Waals surface area contributed by atoms with Gasteiger partial charge in [-0.1, -0.05) is 23.7 Å². The Morgan fingerprint density at radius 3 is 2.72 bits per heavy atom. The van der Waals surface area contributed by atoms with Crippen molar-refractivity contribution in [1.29, 1.82) is 0 Å². The van der Waals surface area contributed by atoms with Gasteiger partial charge in [-0.25, -0.2) is 4.39 Å². The van der Waals surface area contributed by atoms with Crippen LogP contribution in [0.5, 0.6) is 5.75 Å². The molecule has 1 aliphatic rings. The summed E-state index contributed by atoms with van der Waals surface area (Å²) >= 11 is 5.91. The molecule has 0 aliphatic carbocycles. The van der Waals surface area contributed by atoms with E-state index in [1.54, 1.807) is 18.2 Å². The number of rotatable bonds is 1. The van der Waals surface area contributed by atoms with Crippen molar-refractivity contribution in [1.82, 2.24) is 0 Å². The van der Waals surface area contributed by atoms with Gasteiger partial charge in [0, 0.05) is 5.02 Å². The molecule has 4 heteroatoms. The Balaban J connectivity index is 1.86. The second kappa shape index (κ2) is 4.50. The molecule has 1 aliphatic heterocycles. The standard InChI is InChI=1S/C14H11ClFNO/c15-10-3-6-13-12(7-10)17-8-14(18-13)9-1-4-11(16)5-2-9/h1-7,14,17H,8H2. The Kier molecular flexibility index (Phi) is 2.84. The van der Waals surface area contributed by atoms with Crippen LogP contribution in [0.15, 0.2) is 42.5 Å². The summed E-state index contributed by atoms with van der Waals surface area (Å²) in [6, 6.07) is 11.8. The second-order valence-electron chi connectivity index (χ2n) is 4.18. The minimum atomic E-state index is -0.241. The number of halogens is 2. The van der Waals surface area contributed by atoms with Crippen LogP contribution in [0.25, 0.3) is 0 Å². The minimum absolute atomic E-state index is 0.112. The summed E-state index contributed by atoms with van der Waals surface area (Å²) in [6.45, 7) is 0.638. The molecule has 18 heavy (non-hydrogen) atoms. The van der Waals surface area contributed by atoms with Gasteiger partial charge in [0.15, 0.2) is 0 Å². The van der Waals surface area contributed by atoms with Gasteiger partial charge in [-0.15, -0.1) is 0 Å². The molecule has 1 heterocycles. The summed E-state index contributed by atoms with van der Waals surface area (Å²) < 4.78 is 18.7. The summed E-state index contributed by atoms with van der Waals surface area (Å²) in [7, 11) is 0. The average Bonchev–Trinajstić information content (AvgIpc) is 2.39. The molecule has 0 aromatic heterocycles. The van der Waals surface area contributed by atoms with E-state index in [2.05, 4.69) is 5.32 Å². The van der Waals surface area contributed by atoms with E-state index in [0.717, 1.165) is 17.0 Å². The van der Waals surface area contributed by atoms with Gasteiger partial charge in [-0.05, 0) is 35.9 Å². The highest BCUT2D eigenvalue weighted by atomic mass is 35.5. The van der Waals surface area contributed by atoms with Gasteiger partial charge >= 0.3 is 0 Å². The number of anilines is 1. The fourth-order valence-corrected chi connectivity index (χ4v) is 2.18. The topological polar surface area (TPSA) is 21.3 Å². The smallest absolute Gasteiger partial charge is 0.143 e. The maximum atomic E-state index is 12.9. The fourth-order valence-electron chi connectivity index (χ4n) is 2.00. The molecule has 2 nitrogen and oxygen atoms in total. The first-order valence-electron chi connectivity index (χ1n) is 5.68. The number of hydrogen-bond acceptors (Lipinski definition) is 2. The highest BCUT2D eigenvalue weighted by molar-refractivity contribution is 6.30. The Labute approximate surface area is 109 Å². The molecule has 2 aromatic rings. The minimum Gasteiger partial charge on any atom is -0.482 e. The molecule has 92 valence electrons. The van der Waals surface area contributed by atoms with Crippen LogP contribution in [0.4, 0.5) is 10.1 Å². The highest BCUT2D eigenvalue weighted by Gasteiger charge is 2.20. The van der Waals surface area contributed by atoms with Gasteiger partial charge in [0.2, 0.25) is 0 Å². The first kappa shape index (κ1) is 11.4. The lowest BCUT2D eigenvalue weighted by Gasteiger charge is -2.27. The first-order chi connectivity index (χ1) is 8.72. The van der Waals surface area contributed by atoms with Crippen LogP contribution in [0, 0.1) is 5.82 Å². The third kappa shape index (κ3) is 2.14. The number of ether oxygens (including phenoxy) is 1. The third-order valence-electron chi connectivity index (χ3n) is 2.93. The molecular formula is C14H11ClFNO. The number of hydrogen-bond donors (Lipinski definition) is 1. The van der Waals surface area contributed by atoms with Crippen molar-refractivity contribution in [2.24, 2.45) is 0 Å². The molecule has 1 unspecified atom stereocenters. The molecule has 0 bridgehead atoms. The summed E-state index contributed by atoms with van der Waals surface area (Å²) in [5, 5.41) is 3.93. The lowest BCUT2D eigenvalue weighted by atomic mass is 10.1. The third-order valence-corrected chi connectivity index (χ3v) is 3.17. The molecule has 0 saturated heterocycles. The van der Waals surface area contributed by atoms with Crippen molar-refractivity contribution in [2.75, 3.05) is 11.9 Å². The van der Waals surface area contributed by atoms with Crippen LogP contribution < -0.4 is 10.1 Å². The van der Waals surface area contributed by atoms with Gasteiger partial charge in [-0.2, -0.15) is 0 Å². The van der Waals surface area contributed by atoms with E-state index < -0.39 is 0 Å². The molecule has 0 radical (unpaired) electrons. The molecule has 1 N–H and O–H groups in total. The zero-order chi connectivity index (χ0) is 12.5. The van der Waals surface area contributed by atoms with Crippen molar-refractivity contribution < 1.29 is 9.13 Å².